The molecule has 1 atom stereocenters. The molecule has 1 unspecified atom stereocenters. The minimum atomic E-state index is -4.04. The number of rotatable bonds is 6. The van der Waals surface area contributed by atoms with Crippen molar-refractivity contribution in [1.82, 2.24) is 9.29 Å². The highest BCUT2D eigenvalue weighted by Crippen LogP contribution is 2.30. The van der Waals surface area contributed by atoms with Gasteiger partial charge in [-0.15, -0.1) is 0 Å². The van der Waals surface area contributed by atoms with Gasteiger partial charge in [0.2, 0.25) is 15.9 Å². The Morgan fingerprint density at radius 2 is 1.60 bits per heavy atom. The molecule has 2 heterocycles. The first kappa shape index (κ1) is 19.9. The van der Waals surface area contributed by atoms with E-state index in [1.807, 2.05) is 0 Å². The van der Waals surface area contributed by atoms with Gasteiger partial charge in [-0.05, 0) is 35.9 Å². The summed E-state index contributed by atoms with van der Waals surface area (Å²) in [5.74, 6) is -0.995. The third-order valence-corrected chi connectivity index (χ3v) is 6.76. The summed E-state index contributed by atoms with van der Waals surface area (Å²) >= 11 is 0. The number of para-hydroxylation sites is 1. The number of nitrogens with zero attached hydrogens (tertiary/aromatic N) is 3. The van der Waals surface area contributed by atoms with Crippen LogP contribution in [0.2, 0.25) is 0 Å². The van der Waals surface area contributed by atoms with Gasteiger partial charge in [0.15, 0.2) is 0 Å². The first-order chi connectivity index (χ1) is 14.5. The summed E-state index contributed by atoms with van der Waals surface area (Å²) < 4.78 is 28.0. The fraction of sp³-hybridized carbons (Fsp3) is 0.136. The van der Waals surface area contributed by atoms with Gasteiger partial charge < -0.3 is 0 Å². The van der Waals surface area contributed by atoms with Gasteiger partial charge in [0, 0.05) is 18.9 Å². The molecule has 0 N–H and O–H groups in total. The van der Waals surface area contributed by atoms with Gasteiger partial charge in [0.05, 0.1) is 17.0 Å². The zero-order valence-corrected chi connectivity index (χ0v) is 16.8. The Bertz CT molecular complexity index is 1150. The maximum atomic E-state index is 13.4. The fourth-order valence-corrected chi connectivity index (χ4v) is 5.04. The number of amides is 2. The van der Waals surface area contributed by atoms with Crippen LogP contribution in [0.5, 0.6) is 0 Å². The molecule has 8 heteroatoms. The minimum Gasteiger partial charge on any atom is -0.274 e. The quantitative estimate of drug-likeness (QED) is 0.571. The van der Waals surface area contributed by atoms with Gasteiger partial charge >= 0.3 is 0 Å². The Kier molecular flexibility index (Phi) is 5.43. The van der Waals surface area contributed by atoms with Crippen LogP contribution in [0.3, 0.4) is 0 Å². The van der Waals surface area contributed by atoms with Crippen LogP contribution in [0, 0.1) is 0 Å². The molecule has 30 heavy (non-hydrogen) atoms. The van der Waals surface area contributed by atoms with Crippen molar-refractivity contribution in [3.05, 3.63) is 90.8 Å². The zero-order valence-electron chi connectivity index (χ0n) is 16.0. The summed E-state index contributed by atoms with van der Waals surface area (Å²) in [6.45, 7) is -0.0720. The number of aromatic nitrogens is 1. The molecule has 152 valence electrons. The minimum absolute atomic E-state index is 0.0623. The van der Waals surface area contributed by atoms with E-state index in [4.69, 9.17) is 0 Å². The van der Waals surface area contributed by atoms with Gasteiger partial charge in [-0.3, -0.25) is 14.6 Å². The average molecular weight is 421 g/mol. The van der Waals surface area contributed by atoms with Gasteiger partial charge in [0.25, 0.3) is 5.91 Å². The number of benzene rings is 2. The highest BCUT2D eigenvalue weighted by atomic mass is 32.2. The van der Waals surface area contributed by atoms with E-state index < -0.39 is 27.9 Å². The van der Waals surface area contributed by atoms with Crippen LogP contribution in [0.25, 0.3) is 0 Å². The van der Waals surface area contributed by atoms with Crippen LogP contribution in [-0.4, -0.2) is 35.6 Å². The SMILES string of the molecule is O=C1CC(N(Cc2cccnc2)S(=O)(=O)c2ccccc2)C(=O)N1c1ccccc1. The zero-order chi connectivity index (χ0) is 21.1. The molecule has 3 aromatic rings. The van der Waals surface area contributed by atoms with E-state index in [0.717, 1.165) is 9.21 Å². The van der Waals surface area contributed by atoms with Gasteiger partial charge in [0.1, 0.15) is 6.04 Å². The predicted octanol–water partition coefficient (Wildman–Crippen LogP) is 2.60. The van der Waals surface area contributed by atoms with E-state index in [-0.39, 0.29) is 17.9 Å². The summed E-state index contributed by atoms with van der Waals surface area (Å²) in [6.07, 6.45) is 2.91. The summed E-state index contributed by atoms with van der Waals surface area (Å²) in [4.78, 5) is 31.0. The van der Waals surface area contributed by atoms with Crippen molar-refractivity contribution in [1.29, 1.82) is 0 Å². The molecule has 2 aromatic carbocycles. The number of carbonyl (C=O) groups excluding carboxylic acids is 2. The number of pyridine rings is 1. The maximum absolute atomic E-state index is 13.4. The largest absolute Gasteiger partial charge is 0.274 e. The molecule has 0 radical (unpaired) electrons. The normalized spacial score (nSPS) is 17.0. The van der Waals surface area contributed by atoms with E-state index >= 15 is 0 Å². The van der Waals surface area contributed by atoms with Crippen molar-refractivity contribution in [2.24, 2.45) is 0 Å². The van der Waals surface area contributed by atoms with E-state index in [0.29, 0.717) is 11.3 Å². The molecule has 0 saturated carbocycles. The molecule has 0 bridgehead atoms. The molecular weight excluding hydrogens is 402 g/mol. The summed E-state index contributed by atoms with van der Waals surface area (Å²) in [6, 6.07) is 18.7. The summed E-state index contributed by atoms with van der Waals surface area (Å²) in [5.41, 5.74) is 1.05. The number of sulfonamides is 1. The first-order valence-electron chi connectivity index (χ1n) is 9.36. The molecule has 2 amide bonds. The highest BCUT2D eigenvalue weighted by molar-refractivity contribution is 7.89. The Hall–Kier alpha value is -3.36. The smallest absolute Gasteiger partial charge is 0.252 e. The second-order valence-electron chi connectivity index (χ2n) is 6.85. The molecule has 7 nitrogen and oxygen atoms in total. The van der Waals surface area contributed by atoms with Crippen molar-refractivity contribution >= 4 is 27.5 Å². The summed E-state index contributed by atoms with van der Waals surface area (Å²) in [7, 11) is -4.04. The number of hydrogen-bond acceptors (Lipinski definition) is 5. The monoisotopic (exact) mass is 421 g/mol. The molecule has 1 fully saturated rings. The Morgan fingerprint density at radius 1 is 0.933 bits per heavy atom. The highest BCUT2D eigenvalue weighted by Gasteiger charge is 2.46. The standard InChI is InChI=1S/C22H19N3O4S/c26-21-14-20(22(27)25(21)18-9-3-1-4-10-18)24(16-17-8-7-13-23-15-17)30(28,29)19-11-5-2-6-12-19/h1-13,15,20H,14,16H2. The third kappa shape index (κ3) is 3.74. The molecule has 1 aliphatic rings. The van der Waals surface area contributed by atoms with Gasteiger partial charge in [-0.1, -0.05) is 42.5 Å². The Labute approximate surface area is 174 Å². The topological polar surface area (TPSA) is 87.6 Å². The average Bonchev–Trinajstić information content (AvgIpc) is 3.07. The summed E-state index contributed by atoms with van der Waals surface area (Å²) in [5, 5.41) is 0. The number of carbonyl (C=O) groups is 2. The van der Waals surface area contributed by atoms with Crippen molar-refractivity contribution in [2.45, 2.75) is 23.9 Å². The molecule has 1 aromatic heterocycles. The molecule has 1 aliphatic heterocycles. The van der Waals surface area contributed by atoms with Gasteiger partial charge in [-0.25, -0.2) is 13.3 Å². The molecule has 4 rings (SSSR count). The lowest BCUT2D eigenvalue weighted by atomic mass is 10.2. The van der Waals surface area contributed by atoms with Crippen molar-refractivity contribution in [3.8, 4) is 0 Å². The van der Waals surface area contributed by atoms with Crippen LogP contribution in [0.1, 0.15) is 12.0 Å². The molecular formula is C22H19N3O4S. The number of imide groups is 1. The van der Waals surface area contributed by atoms with Gasteiger partial charge in [-0.2, -0.15) is 4.31 Å². The van der Waals surface area contributed by atoms with Crippen LogP contribution < -0.4 is 4.90 Å². The first-order valence-corrected chi connectivity index (χ1v) is 10.8. The molecule has 0 aliphatic carbocycles. The Morgan fingerprint density at radius 3 is 2.23 bits per heavy atom. The second kappa shape index (κ2) is 8.17. The van der Waals surface area contributed by atoms with E-state index in [2.05, 4.69) is 4.98 Å². The molecule has 0 spiro atoms. The van der Waals surface area contributed by atoms with Crippen molar-refractivity contribution in [3.63, 3.8) is 0 Å². The van der Waals surface area contributed by atoms with Crippen LogP contribution in [0.4, 0.5) is 5.69 Å². The second-order valence-corrected chi connectivity index (χ2v) is 8.74. The lowest BCUT2D eigenvalue weighted by Gasteiger charge is -2.27. The number of anilines is 1. The third-order valence-electron chi connectivity index (χ3n) is 4.90. The van der Waals surface area contributed by atoms with Crippen LogP contribution in [0.15, 0.2) is 90.1 Å². The van der Waals surface area contributed by atoms with E-state index in [1.54, 1.807) is 73.1 Å². The molecule has 1 saturated heterocycles. The number of hydrogen-bond donors (Lipinski definition) is 0. The van der Waals surface area contributed by atoms with Crippen molar-refractivity contribution in [2.75, 3.05) is 4.90 Å². The van der Waals surface area contributed by atoms with Crippen LogP contribution in [-0.2, 0) is 26.2 Å². The Balaban J connectivity index is 1.75. The maximum Gasteiger partial charge on any atom is 0.252 e. The lowest BCUT2D eigenvalue weighted by molar-refractivity contribution is -0.122. The van der Waals surface area contributed by atoms with E-state index in [9.17, 15) is 18.0 Å². The van der Waals surface area contributed by atoms with E-state index in [1.165, 1.54) is 12.1 Å². The van der Waals surface area contributed by atoms with Crippen LogP contribution >= 0.6 is 0 Å². The van der Waals surface area contributed by atoms with Crippen molar-refractivity contribution < 1.29 is 18.0 Å². The fourth-order valence-electron chi connectivity index (χ4n) is 3.45. The predicted molar refractivity (Wildman–Crippen MR) is 111 cm³/mol. The lowest BCUT2D eigenvalue weighted by Crippen LogP contribution is -2.45.